The molecule has 0 radical (unpaired) electrons. The molecule has 0 atom stereocenters. The number of nitrogens with zero attached hydrogens (tertiary/aromatic N) is 2. The number of aromatic nitrogens is 1. The molecule has 1 saturated heterocycles. The minimum atomic E-state index is -3.57. The predicted octanol–water partition coefficient (Wildman–Crippen LogP) is 3.55. The normalized spacial score (nSPS) is 17.1. The summed E-state index contributed by atoms with van der Waals surface area (Å²) in [5.74, 6) is 0.951. The maximum Gasteiger partial charge on any atom is 0.246 e. The topological polar surface area (TPSA) is 59.5 Å². The van der Waals surface area contributed by atoms with Crippen LogP contribution in [0.15, 0.2) is 28.5 Å². The van der Waals surface area contributed by atoms with Gasteiger partial charge in [-0.1, -0.05) is 6.92 Å². The molecule has 0 amide bonds. The van der Waals surface area contributed by atoms with Gasteiger partial charge in [-0.05, 0) is 43.9 Å². The minimum absolute atomic E-state index is 0.225. The lowest BCUT2D eigenvalue weighted by Crippen LogP contribution is -2.38. The fourth-order valence-electron chi connectivity index (χ4n) is 2.90. The van der Waals surface area contributed by atoms with Crippen LogP contribution in [0.2, 0.25) is 0 Å². The van der Waals surface area contributed by atoms with E-state index in [1.54, 1.807) is 27.8 Å². The van der Waals surface area contributed by atoms with E-state index < -0.39 is 10.0 Å². The van der Waals surface area contributed by atoms with Gasteiger partial charge in [0.15, 0.2) is 0 Å². The van der Waals surface area contributed by atoms with E-state index in [4.69, 9.17) is 4.74 Å². The maximum atomic E-state index is 13.1. The van der Waals surface area contributed by atoms with Crippen molar-refractivity contribution in [1.82, 2.24) is 9.29 Å². The van der Waals surface area contributed by atoms with Crippen LogP contribution in [-0.4, -0.2) is 37.9 Å². The van der Waals surface area contributed by atoms with Gasteiger partial charge in [-0.15, -0.1) is 11.3 Å². The van der Waals surface area contributed by atoms with Gasteiger partial charge in [-0.2, -0.15) is 4.31 Å². The van der Waals surface area contributed by atoms with Gasteiger partial charge < -0.3 is 4.74 Å². The van der Waals surface area contributed by atoms with Crippen molar-refractivity contribution in [3.05, 3.63) is 28.6 Å². The monoisotopic (exact) mass is 366 g/mol. The number of thiazole rings is 1. The van der Waals surface area contributed by atoms with Crippen LogP contribution in [0.3, 0.4) is 0 Å². The second kappa shape index (κ2) is 6.82. The van der Waals surface area contributed by atoms with Crippen molar-refractivity contribution < 1.29 is 13.2 Å². The number of hydrogen-bond acceptors (Lipinski definition) is 5. The number of rotatable bonds is 4. The standard InChI is InChI=1S/C17H22N2O3S2/c1-12-6-8-19(9-7-12)24(20,21)17-10-14(4-5-16(17)22-3)15-11-23-13(2)18-15/h4-5,10-12H,6-9H2,1-3H3. The summed E-state index contributed by atoms with van der Waals surface area (Å²) in [5.41, 5.74) is 1.59. The molecule has 0 aliphatic carbocycles. The lowest BCUT2D eigenvalue weighted by molar-refractivity contribution is 0.287. The molecule has 0 unspecified atom stereocenters. The molecule has 2 aromatic rings. The van der Waals surface area contributed by atoms with Crippen molar-refractivity contribution in [3.63, 3.8) is 0 Å². The largest absolute Gasteiger partial charge is 0.495 e. The highest BCUT2D eigenvalue weighted by molar-refractivity contribution is 7.89. The zero-order chi connectivity index (χ0) is 17.3. The average Bonchev–Trinajstić information content (AvgIpc) is 3.01. The van der Waals surface area contributed by atoms with Crippen molar-refractivity contribution in [2.75, 3.05) is 20.2 Å². The first kappa shape index (κ1) is 17.4. The van der Waals surface area contributed by atoms with E-state index >= 15 is 0 Å². The van der Waals surface area contributed by atoms with Gasteiger partial charge in [0.25, 0.3) is 0 Å². The number of benzene rings is 1. The smallest absolute Gasteiger partial charge is 0.246 e. The van der Waals surface area contributed by atoms with Crippen LogP contribution in [0.4, 0.5) is 0 Å². The molecule has 3 rings (SSSR count). The van der Waals surface area contributed by atoms with E-state index in [9.17, 15) is 8.42 Å². The van der Waals surface area contributed by atoms with Crippen LogP contribution in [0.25, 0.3) is 11.3 Å². The molecular weight excluding hydrogens is 344 g/mol. The van der Waals surface area contributed by atoms with Gasteiger partial charge in [0.2, 0.25) is 10.0 Å². The van der Waals surface area contributed by atoms with Crippen molar-refractivity contribution in [1.29, 1.82) is 0 Å². The summed E-state index contributed by atoms with van der Waals surface area (Å²) in [6, 6.07) is 5.24. The van der Waals surface area contributed by atoms with E-state index in [2.05, 4.69) is 11.9 Å². The third-order valence-corrected chi connectivity index (χ3v) is 7.13. The van der Waals surface area contributed by atoms with Crippen LogP contribution in [0.5, 0.6) is 5.75 Å². The molecule has 1 aromatic carbocycles. The van der Waals surface area contributed by atoms with Crippen molar-refractivity contribution in [2.45, 2.75) is 31.6 Å². The lowest BCUT2D eigenvalue weighted by atomic mass is 10.0. The van der Waals surface area contributed by atoms with E-state index in [0.717, 1.165) is 29.1 Å². The number of hydrogen-bond donors (Lipinski definition) is 0. The van der Waals surface area contributed by atoms with E-state index in [-0.39, 0.29) is 4.90 Å². The Kier molecular flexibility index (Phi) is 4.94. The second-order valence-corrected chi connectivity index (χ2v) is 9.17. The summed E-state index contributed by atoms with van der Waals surface area (Å²) >= 11 is 1.55. The number of ether oxygens (including phenoxy) is 1. The molecule has 0 N–H and O–H groups in total. The van der Waals surface area contributed by atoms with E-state index in [0.29, 0.717) is 24.8 Å². The van der Waals surface area contributed by atoms with Gasteiger partial charge in [0.1, 0.15) is 10.6 Å². The van der Waals surface area contributed by atoms with Crippen molar-refractivity contribution in [2.24, 2.45) is 5.92 Å². The summed E-state index contributed by atoms with van der Waals surface area (Å²) in [6.45, 7) is 5.22. The Morgan fingerprint density at radius 1 is 1.29 bits per heavy atom. The first-order valence-electron chi connectivity index (χ1n) is 8.02. The molecule has 0 bridgehead atoms. The quantitative estimate of drug-likeness (QED) is 0.830. The molecule has 7 heteroatoms. The van der Waals surface area contributed by atoms with Crippen LogP contribution in [-0.2, 0) is 10.0 Å². The number of aryl methyl sites for hydroxylation is 1. The van der Waals surface area contributed by atoms with Crippen molar-refractivity contribution in [3.8, 4) is 17.0 Å². The Balaban J connectivity index is 2.01. The first-order valence-corrected chi connectivity index (χ1v) is 10.3. The molecule has 1 aliphatic rings. The molecule has 1 aromatic heterocycles. The molecular formula is C17H22N2O3S2. The lowest BCUT2D eigenvalue weighted by Gasteiger charge is -2.29. The predicted molar refractivity (Wildman–Crippen MR) is 96.0 cm³/mol. The molecule has 2 heterocycles. The summed E-state index contributed by atoms with van der Waals surface area (Å²) in [7, 11) is -2.07. The Labute approximate surface area is 147 Å². The highest BCUT2D eigenvalue weighted by Crippen LogP contribution is 2.33. The Morgan fingerprint density at radius 2 is 2.00 bits per heavy atom. The van der Waals surface area contributed by atoms with Gasteiger partial charge in [-0.3, -0.25) is 0 Å². The Hall–Kier alpha value is -1.44. The molecule has 130 valence electrons. The first-order chi connectivity index (χ1) is 11.4. The van der Waals surface area contributed by atoms with Gasteiger partial charge in [0, 0.05) is 24.0 Å². The number of sulfonamides is 1. The third-order valence-electron chi connectivity index (χ3n) is 4.44. The van der Waals surface area contributed by atoms with Crippen LogP contribution >= 0.6 is 11.3 Å². The maximum absolute atomic E-state index is 13.1. The van der Waals surface area contributed by atoms with Gasteiger partial charge in [-0.25, -0.2) is 13.4 Å². The molecule has 0 spiro atoms. The molecule has 1 aliphatic heterocycles. The second-order valence-electron chi connectivity index (χ2n) is 6.20. The van der Waals surface area contributed by atoms with Gasteiger partial charge in [0.05, 0.1) is 17.8 Å². The SMILES string of the molecule is COc1ccc(-c2csc(C)n2)cc1S(=O)(=O)N1CCC(C)CC1. The fraction of sp³-hybridized carbons (Fsp3) is 0.471. The number of piperidine rings is 1. The van der Waals surface area contributed by atoms with E-state index in [1.807, 2.05) is 18.4 Å². The highest BCUT2D eigenvalue weighted by atomic mass is 32.2. The summed E-state index contributed by atoms with van der Waals surface area (Å²) in [5, 5.41) is 2.89. The summed E-state index contributed by atoms with van der Waals surface area (Å²) in [6.07, 6.45) is 1.79. The molecule has 1 fully saturated rings. The summed E-state index contributed by atoms with van der Waals surface area (Å²) in [4.78, 5) is 4.68. The molecule has 5 nitrogen and oxygen atoms in total. The van der Waals surface area contributed by atoms with Crippen LogP contribution in [0.1, 0.15) is 24.8 Å². The summed E-state index contributed by atoms with van der Waals surface area (Å²) < 4.78 is 33.1. The highest BCUT2D eigenvalue weighted by Gasteiger charge is 2.30. The third kappa shape index (κ3) is 3.34. The zero-order valence-electron chi connectivity index (χ0n) is 14.2. The zero-order valence-corrected chi connectivity index (χ0v) is 15.8. The van der Waals surface area contributed by atoms with E-state index in [1.165, 1.54) is 7.11 Å². The Bertz CT molecular complexity index is 822. The van der Waals surface area contributed by atoms with Gasteiger partial charge >= 0.3 is 0 Å². The molecule has 24 heavy (non-hydrogen) atoms. The van der Waals surface area contributed by atoms with Crippen molar-refractivity contribution >= 4 is 21.4 Å². The average molecular weight is 367 g/mol. The molecule has 0 saturated carbocycles. The van der Waals surface area contributed by atoms with Crippen LogP contribution < -0.4 is 4.74 Å². The fourth-order valence-corrected chi connectivity index (χ4v) is 5.17. The minimum Gasteiger partial charge on any atom is -0.495 e. The Morgan fingerprint density at radius 3 is 2.58 bits per heavy atom. The number of methoxy groups -OCH3 is 1. The van der Waals surface area contributed by atoms with Crippen LogP contribution in [0, 0.1) is 12.8 Å².